The van der Waals surface area contributed by atoms with Crippen molar-refractivity contribution >= 4 is 28.9 Å². The van der Waals surface area contributed by atoms with Gasteiger partial charge >= 0.3 is 0 Å². The molecule has 0 bridgehead atoms. The van der Waals surface area contributed by atoms with E-state index < -0.39 is 5.91 Å². The molecule has 1 aliphatic heterocycles. The molecule has 0 aromatic heterocycles. The quantitative estimate of drug-likeness (QED) is 0.443. The van der Waals surface area contributed by atoms with Gasteiger partial charge in [-0.1, -0.05) is 11.6 Å². The summed E-state index contributed by atoms with van der Waals surface area (Å²) < 4.78 is 0. The Hall–Kier alpha value is -2.23. The monoisotopic (exact) mass is 305 g/mol. The van der Waals surface area contributed by atoms with Gasteiger partial charge in [-0.25, -0.2) is 0 Å². The number of nitrogens with two attached hydrogens (primary N) is 1. The predicted octanol–water partition coefficient (Wildman–Crippen LogP) is 1.17. The Morgan fingerprint density at radius 2 is 2.19 bits per heavy atom. The molecule has 4 N–H and O–H groups in total. The number of nitrogens with zero attached hydrogens (tertiary/aromatic N) is 2. The van der Waals surface area contributed by atoms with E-state index in [1.54, 1.807) is 24.4 Å². The fraction of sp³-hybridized carbons (Fsp3) is 0.286. The van der Waals surface area contributed by atoms with Gasteiger partial charge in [0, 0.05) is 38.1 Å². The molecule has 1 aromatic rings. The lowest BCUT2D eigenvalue weighted by atomic mass is 10.2. The van der Waals surface area contributed by atoms with Crippen LogP contribution in [-0.4, -0.2) is 37.0 Å². The third kappa shape index (κ3) is 4.12. The van der Waals surface area contributed by atoms with Crippen molar-refractivity contribution in [3.8, 4) is 6.07 Å². The maximum Gasteiger partial charge on any atom is 0.267 e. The summed E-state index contributed by atoms with van der Waals surface area (Å²) in [6.45, 7) is 3.22. The molecule has 1 amide bonds. The van der Waals surface area contributed by atoms with Crippen molar-refractivity contribution in [1.29, 1.82) is 5.26 Å². The van der Waals surface area contributed by atoms with Crippen molar-refractivity contribution in [1.82, 2.24) is 10.2 Å². The fourth-order valence-corrected chi connectivity index (χ4v) is 2.12. The van der Waals surface area contributed by atoms with Crippen LogP contribution in [0.2, 0.25) is 5.02 Å². The third-order valence-corrected chi connectivity index (χ3v) is 3.41. The normalized spacial score (nSPS) is 15.4. The smallest absolute Gasteiger partial charge is 0.267 e. The average molecular weight is 306 g/mol. The van der Waals surface area contributed by atoms with Crippen molar-refractivity contribution in [2.45, 2.75) is 0 Å². The number of hydrogen-bond donors (Lipinski definition) is 3. The van der Waals surface area contributed by atoms with E-state index >= 15 is 0 Å². The van der Waals surface area contributed by atoms with Crippen molar-refractivity contribution < 1.29 is 4.79 Å². The lowest BCUT2D eigenvalue weighted by Gasteiger charge is -2.26. The van der Waals surface area contributed by atoms with E-state index in [0.29, 0.717) is 16.4 Å². The highest BCUT2D eigenvalue weighted by atomic mass is 35.5. The van der Waals surface area contributed by atoms with Gasteiger partial charge in [-0.3, -0.25) is 4.79 Å². The molecule has 0 aliphatic carbocycles. The minimum absolute atomic E-state index is 0.0600. The highest BCUT2D eigenvalue weighted by Crippen LogP contribution is 2.22. The summed E-state index contributed by atoms with van der Waals surface area (Å²) in [5.41, 5.74) is 6.61. The Balaban J connectivity index is 2.07. The first-order valence-electron chi connectivity index (χ1n) is 6.53. The molecule has 1 aromatic carbocycles. The summed E-state index contributed by atoms with van der Waals surface area (Å²) >= 11 is 5.90. The van der Waals surface area contributed by atoms with E-state index in [9.17, 15) is 4.79 Å². The minimum atomic E-state index is -0.461. The van der Waals surface area contributed by atoms with Gasteiger partial charge in [0.1, 0.15) is 11.6 Å². The molecule has 0 radical (unpaired) electrons. The van der Waals surface area contributed by atoms with Crippen LogP contribution >= 0.6 is 11.6 Å². The summed E-state index contributed by atoms with van der Waals surface area (Å²) in [6, 6.07) is 6.71. The summed E-state index contributed by atoms with van der Waals surface area (Å²) in [5, 5.41) is 15.3. The Morgan fingerprint density at radius 1 is 1.48 bits per heavy atom. The Kier molecular flexibility index (Phi) is 5.04. The van der Waals surface area contributed by atoms with Crippen LogP contribution < -0.4 is 16.4 Å². The molecular weight excluding hydrogens is 290 g/mol. The van der Waals surface area contributed by atoms with Crippen molar-refractivity contribution in [2.75, 3.05) is 37.2 Å². The van der Waals surface area contributed by atoms with Gasteiger partial charge in [-0.2, -0.15) is 5.26 Å². The highest BCUT2D eigenvalue weighted by molar-refractivity contribution is 6.33. The number of carbonyl (C=O) groups excluding carboxylic acids is 1. The summed E-state index contributed by atoms with van der Waals surface area (Å²) in [6.07, 6.45) is 1.59. The summed E-state index contributed by atoms with van der Waals surface area (Å²) in [7, 11) is 0. The van der Waals surface area contributed by atoms with Gasteiger partial charge in [0.05, 0.1) is 10.7 Å². The number of carbonyl (C=O) groups is 1. The number of nitrogens with one attached hydrogen (secondary N) is 2. The number of rotatable bonds is 3. The lowest BCUT2D eigenvalue weighted by Crippen LogP contribution is -2.41. The first-order chi connectivity index (χ1) is 10.1. The first-order valence-corrected chi connectivity index (χ1v) is 6.91. The highest BCUT2D eigenvalue weighted by Gasteiger charge is 2.13. The van der Waals surface area contributed by atoms with Gasteiger partial charge in [0.2, 0.25) is 0 Å². The summed E-state index contributed by atoms with van der Waals surface area (Å²) in [5.74, 6) is -0.461. The number of nitriles is 1. The SMILES string of the molecule is N#C/C(=C/N1CCNCC1)C(=O)Nc1ccc(N)c(Cl)c1. The molecule has 1 heterocycles. The molecule has 1 saturated heterocycles. The van der Waals surface area contributed by atoms with E-state index in [2.05, 4.69) is 10.6 Å². The molecule has 1 fully saturated rings. The Labute approximate surface area is 128 Å². The third-order valence-electron chi connectivity index (χ3n) is 3.09. The maximum absolute atomic E-state index is 12.1. The lowest BCUT2D eigenvalue weighted by molar-refractivity contribution is -0.112. The molecular formula is C14H16ClN5O. The second-order valence-corrected chi connectivity index (χ2v) is 5.04. The average Bonchev–Trinajstić information content (AvgIpc) is 2.49. The standard InChI is InChI=1S/C14H16ClN5O/c15-12-7-11(1-2-13(12)17)19-14(21)10(8-16)9-20-5-3-18-4-6-20/h1-2,7,9,18H,3-6,17H2,(H,19,21)/b10-9-. The number of benzene rings is 1. The van der Waals surface area contributed by atoms with Crippen LogP contribution in [0.25, 0.3) is 0 Å². The van der Waals surface area contributed by atoms with Gasteiger partial charge < -0.3 is 21.3 Å². The van der Waals surface area contributed by atoms with E-state index in [4.69, 9.17) is 22.6 Å². The number of hydrogen-bond acceptors (Lipinski definition) is 5. The second-order valence-electron chi connectivity index (χ2n) is 4.63. The van der Waals surface area contributed by atoms with Crippen molar-refractivity contribution in [3.63, 3.8) is 0 Å². The largest absolute Gasteiger partial charge is 0.398 e. The molecule has 7 heteroatoms. The number of nitrogen functional groups attached to an aromatic ring is 1. The van der Waals surface area contributed by atoms with Crippen LogP contribution in [0.1, 0.15) is 0 Å². The van der Waals surface area contributed by atoms with Crippen LogP contribution in [0.15, 0.2) is 30.0 Å². The van der Waals surface area contributed by atoms with E-state index in [0.717, 1.165) is 26.2 Å². The maximum atomic E-state index is 12.1. The molecule has 110 valence electrons. The second kappa shape index (κ2) is 6.97. The topological polar surface area (TPSA) is 94.2 Å². The van der Waals surface area contributed by atoms with E-state index in [-0.39, 0.29) is 5.57 Å². The van der Waals surface area contributed by atoms with Gasteiger partial charge in [0.15, 0.2) is 0 Å². The fourth-order valence-electron chi connectivity index (χ4n) is 1.94. The molecule has 1 aliphatic rings. The molecule has 21 heavy (non-hydrogen) atoms. The molecule has 2 rings (SSSR count). The van der Waals surface area contributed by atoms with E-state index in [1.807, 2.05) is 11.0 Å². The van der Waals surface area contributed by atoms with Crippen LogP contribution in [-0.2, 0) is 4.79 Å². The first kappa shape index (κ1) is 15.2. The van der Waals surface area contributed by atoms with Crippen LogP contribution in [0.5, 0.6) is 0 Å². The van der Waals surface area contributed by atoms with Gasteiger partial charge in [-0.05, 0) is 18.2 Å². The van der Waals surface area contributed by atoms with E-state index in [1.165, 1.54) is 0 Å². The minimum Gasteiger partial charge on any atom is -0.398 e. The van der Waals surface area contributed by atoms with Crippen LogP contribution in [0.3, 0.4) is 0 Å². The number of amides is 1. The molecule has 0 spiro atoms. The zero-order valence-corrected chi connectivity index (χ0v) is 12.2. The number of piperazine rings is 1. The Bertz CT molecular complexity index is 602. The number of anilines is 2. The predicted molar refractivity (Wildman–Crippen MR) is 82.6 cm³/mol. The zero-order chi connectivity index (χ0) is 15.2. The Morgan fingerprint density at radius 3 is 2.81 bits per heavy atom. The molecule has 0 atom stereocenters. The molecule has 0 unspecified atom stereocenters. The van der Waals surface area contributed by atoms with Crippen LogP contribution in [0, 0.1) is 11.3 Å². The van der Waals surface area contributed by atoms with Crippen molar-refractivity contribution in [3.05, 3.63) is 35.0 Å². The van der Waals surface area contributed by atoms with Crippen LogP contribution in [0.4, 0.5) is 11.4 Å². The van der Waals surface area contributed by atoms with Gasteiger partial charge in [-0.15, -0.1) is 0 Å². The van der Waals surface area contributed by atoms with Gasteiger partial charge in [0.25, 0.3) is 5.91 Å². The molecule has 6 nitrogen and oxygen atoms in total. The number of halogens is 1. The molecule has 0 saturated carbocycles. The zero-order valence-electron chi connectivity index (χ0n) is 11.4. The van der Waals surface area contributed by atoms with Crippen molar-refractivity contribution in [2.24, 2.45) is 0 Å². The summed E-state index contributed by atoms with van der Waals surface area (Å²) in [4.78, 5) is 14.0.